The van der Waals surface area contributed by atoms with Crippen molar-refractivity contribution < 1.29 is 46.8 Å². The van der Waals surface area contributed by atoms with E-state index in [0.29, 0.717) is 9.89 Å². The van der Waals surface area contributed by atoms with Crippen molar-refractivity contribution >= 4 is 39.0 Å². The van der Waals surface area contributed by atoms with E-state index in [-0.39, 0.29) is 5.56 Å². The van der Waals surface area contributed by atoms with E-state index in [1.807, 2.05) is 0 Å². The minimum atomic E-state index is -5.46. The molecule has 128 valence electrons. The van der Waals surface area contributed by atoms with Crippen LogP contribution in [0, 0.1) is 11.2 Å². The van der Waals surface area contributed by atoms with Gasteiger partial charge in [-0.05, 0) is 0 Å². The molecule has 0 aliphatic heterocycles. The zero-order chi connectivity index (χ0) is 17.8. The predicted molar refractivity (Wildman–Crippen MR) is 71.2 cm³/mol. The number of H-pyrrole nitrogens is 2. The number of aryl methyl sites for hydroxylation is 1. The van der Waals surface area contributed by atoms with Crippen LogP contribution in [0.2, 0.25) is 0 Å². The van der Waals surface area contributed by atoms with Gasteiger partial charge in [-0.1, -0.05) is 0 Å². The fraction of sp³-hybridized carbons (Fsp3) is 0.200. The van der Waals surface area contributed by atoms with Crippen LogP contribution < -0.4 is 5.56 Å². The molecule has 22 heavy (non-hydrogen) atoms. The second-order valence-electron chi connectivity index (χ2n) is 3.37. The first-order valence-electron chi connectivity index (χ1n) is 4.76. The van der Waals surface area contributed by atoms with Crippen LogP contribution in [-0.2, 0) is 22.3 Å². The van der Waals surface area contributed by atoms with Crippen molar-refractivity contribution in [3.8, 4) is 0 Å². The molecule has 0 spiro atoms. The molecule has 0 radical (unpaired) electrons. The molecule has 0 aliphatic carbocycles. The van der Waals surface area contributed by atoms with Crippen LogP contribution in [0.4, 0.5) is 0 Å². The Morgan fingerprint density at radius 3 is 1.73 bits per heavy atom. The van der Waals surface area contributed by atoms with E-state index in [2.05, 4.69) is 34.2 Å². The summed E-state index contributed by atoms with van der Waals surface area (Å²) in [6.45, 7) is 1.74. The van der Waals surface area contributed by atoms with Gasteiger partial charge in [0.1, 0.15) is 0 Å². The Morgan fingerprint density at radius 1 is 1.05 bits per heavy atom. The summed E-state index contributed by atoms with van der Waals surface area (Å²) in [7, 11) is -16.2. The molecule has 0 saturated carbocycles. The third-order valence-electron chi connectivity index (χ3n) is 1.42. The van der Waals surface area contributed by atoms with E-state index in [4.69, 9.17) is 24.5 Å². The number of hydrogen-bond acceptors (Lipinski definition) is 6. The van der Waals surface area contributed by atoms with Gasteiger partial charge in [0.15, 0.2) is 0 Å². The zero-order valence-electron chi connectivity index (χ0n) is 10.5. The Morgan fingerprint density at radius 2 is 1.45 bits per heavy atom. The number of aromatic amines is 2. The predicted octanol–water partition coefficient (Wildman–Crippen LogP) is -0.983. The molecule has 13 nitrogen and oxygen atoms in total. The number of phosphoric acid groups is 3. The van der Waals surface area contributed by atoms with E-state index >= 15 is 0 Å². The van der Waals surface area contributed by atoms with Crippen molar-refractivity contribution in [3.63, 3.8) is 0 Å². The molecular weight excluding hydrogens is 436 g/mol. The molecule has 1 aromatic heterocycles. The van der Waals surface area contributed by atoms with Gasteiger partial charge in [0.05, 0.1) is 0 Å². The third kappa shape index (κ3) is 11.4. The molecule has 0 fully saturated rings. The second kappa shape index (κ2) is 8.07. The molecule has 1 aromatic rings. The Kier molecular flexibility index (Phi) is 8.00. The molecule has 17 heteroatoms. The van der Waals surface area contributed by atoms with Crippen molar-refractivity contribution in [1.82, 2.24) is 9.97 Å². The molecule has 0 saturated heterocycles. The smallest absolute Gasteiger partial charge is 0.302 e. The summed E-state index contributed by atoms with van der Waals surface area (Å²) in [5, 5.41) is 0. The van der Waals surface area contributed by atoms with Gasteiger partial charge in [-0.15, -0.1) is 0 Å². The molecular formula is C5H11N2O11P3Se. The molecule has 1 rings (SSSR count). The van der Waals surface area contributed by atoms with Gasteiger partial charge < -0.3 is 24.5 Å². The Hall–Kier alpha value is -0.191. The van der Waals surface area contributed by atoms with Crippen molar-refractivity contribution in [1.29, 1.82) is 0 Å². The van der Waals surface area contributed by atoms with E-state index in [9.17, 15) is 18.5 Å². The van der Waals surface area contributed by atoms with Crippen LogP contribution in [0.25, 0.3) is 0 Å². The molecule has 0 unspecified atom stereocenters. The van der Waals surface area contributed by atoms with E-state index < -0.39 is 23.5 Å². The maximum atomic E-state index is 10.7. The molecule has 1 heterocycles. The fourth-order valence-electron chi connectivity index (χ4n) is 0.761. The molecule has 0 aromatic carbocycles. The number of nitrogens with one attached hydrogen (secondary N) is 2. The molecule has 7 N–H and O–H groups in total. The molecule has 0 aliphatic rings. The summed E-state index contributed by atoms with van der Waals surface area (Å²) in [5.74, 6) is 0. The minimum Gasteiger partial charge on any atom is -0.302 e. The zero-order valence-corrected chi connectivity index (χ0v) is 14.9. The first-order chi connectivity index (χ1) is 9.61. The normalized spacial score (nSPS) is 12.5. The van der Waals surface area contributed by atoms with Gasteiger partial charge >= 0.3 is 82.4 Å². The number of hydrogen-bond donors (Lipinski definition) is 7. The fourth-order valence-corrected chi connectivity index (χ4v) is 3.62. The first kappa shape index (κ1) is 21.8. The van der Waals surface area contributed by atoms with E-state index in [1.165, 1.54) is 0 Å². The van der Waals surface area contributed by atoms with Crippen LogP contribution in [0.5, 0.6) is 0 Å². The van der Waals surface area contributed by atoms with Crippen LogP contribution >= 0.6 is 23.5 Å². The average Bonchev–Trinajstić information content (AvgIpc) is 2.17. The van der Waals surface area contributed by atoms with Gasteiger partial charge in [-0.2, -0.15) is 8.62 Å². The summed E-state index contributed by atoms with van der Waals surface area (Å²) in [6.07, 6.45) is 1.66. The number of aromatic nitrogens is 2. The van der Waals surface area contributed by atoms with Crippen molar-refractivity contribution in [3.05, 3.63) is 26.4 Å². The summed E-state index contributed by atoms with van der Waals surface area (Å²) >= 11 is 2.66. The first-order valence-corrected chi connectivity index (χ1v) is 10.2. The van der Waals surface area contributed by atoms with Crippen molar-refractivity contribution in [2.24, 2.45) is 0 Å². The van der Waals surface area contributed by atoms with Crippen LogP contribution in [-0.4, -0.2) is 50.0 Å². The van der Waals surface area contributed by atoms with E-state index in [1.54, 1.807) is 13.1 Å². The molecule has 0 atom stereocenters. The minimum absolute atomic E-state index is 0.0532. The third-order valence-corrected chi connectivity index (χ3v) is 5.24. The standard InChI is InChI=1S/C5H6N2OSe.H5O10P3/c1-3-2-6-5(9)7-4(3)8;1-11(2,3)9-13(7,8)10-12(4,5)6/h2H,1H3,(H2,6,7,8,9);(H,7,8)(H2,1,2,3)(H2,4,5,6). The average molecular weight is 447 g/mol. The quantitative estimate of drug-likeness (QED) is 0.220. The topological polar surface area (TPSA) is 219 Å². The Bertz CT molecular complexity index is 729. The largest absolute Gasteiger partial charge is 0.490 e. The Labute approximate surface area is 129 Å². The summed E-state index contributed by atoms with van der Waals surface area (Å²) < 4.78 is 37.0. The van der Waals surface area contributed by atoms with E-state index in [0.717, 1.165) is 0 Å². The Balaban J connectivity index is 0.000000425. The van der Waals surface area contributed by atoms with Crippen molar-refractivity contribution in [2.45, 2.75) is 6.92 Å². The van der Waals surface area contributed by atoms with Gasteiger partial charge in [-0.3, -0.25) is 0 Å². The number of rotatable bonds is 4. The van der Waals surface area contributed by atoms with Gasteiger partial charge in [0.2, 0.25) is 0 Å². The van der Waals surface area contributed by atoms with Crippen LogP contribution in [0.15, 0.2) is 11.0 Å². The molecule has 0 amide bonds. The monoisotopic (exact) mass is 448 g/mol. The maximum absolute atomic E-state index is 10.7. The summed E-state index contributed by atoms with van der Waals surface area (Å²) in [4.78, 5) is 56.4. The van der Waals surface area contributed by atoms with Crippen molar-refractivity contribution in [2.75, 3.05) is 0 Å². The van der Waals surface area contributed by atoms with Crippen LogP contribution in [0.3, 0.4) is 0 Å². The molecule has 0 bridgehead atoms. The van der Waals surface area contributed by atoms with Gasteiger partial charge in [-0.25, -0.2) is 13.7 Å². The summed E-state index contributed by atoms with van der Waals surface area (Å²) in [6, 6.07) is 0. The maximum Gasteiger partial charge on any atom is 0.490 e. The van der Waals surface area contributed by atoms with Gasteiger partial charge in [0.25, 0.3) is 0 Å². The summed E-state index contributed by atoms with van der Waals surface area (Å²) in [5.41, 5.74) is 0.636. The van der Waals surface area contributed by atoms with Gasteiger partial charge in [0, 0.05) is 0 Å². The van der Waals surface area contributed by atoms with Crippen LogP contribution in [0.1, 0.15) is 5.56 Å². The second-order valence-corrected chi connectivity index (χ2v) is 8.43. The SMILES string of the molecule is Cc1c[nH]c(=[Se])[nH]c1=O.O=P(O)(O)OP(=O)(O)OP(=O)(O)O.